The monoisotopic (exact) mass is 273 g/mol. The highest BCUT2D eigenvalue weighted by Gasteiger charge is 2.19. The zero-order chi connectivity index (χ0) is 11.6. The van der Waals surface area contributed by atoms with Crippen LogP contribution in [0.5, 0.6) is 0 Å². The van der Waals surface area contributed by atoms with E-state index in [1.54, 1.807) is 29.7 Å². The van der Waals surface area contributed by atoms with Crippen LogP contribution >= 0.6 is 15.9 Å². The van der Waals surface area contributed by atoms with Crippen LogP contribution in [0.3, 0.4) is 0 Å². The number of halogens is 1. The van der Waals surface area contributed by atoms with Gasteiger partial charge in [0.2, 0.25) is 0 Å². The second kappa shape index (κ2) is 4.79. The Labute approximate surface area is 98.4 Å². The molecule has 0 N–H and O–H groups in total. The predicted octanol–water partition coefficient (Wildman–Crippen LogP) is 1.58. The number of aromatic nitrogens is 2. The molecule has 1 amide bonds. The van der Waals surface area contributed by atoms with Gasteiger partial charge in [0, 0.05) is 25.5 Å². The predicted molar refractivity (Wildman–Crippen MR) is 63.3 cm³/mol. The van der Waals surface area contributed by atoms with Crippen LogP contribution in [0, 0.1) is 6.92 Å². The summed E-state index contributed by atoms with van der Waals surface area (Å²) in [5, 5.41) is 4.93. The maximum Gasteiger partial charge on any atom is 0.272 e. The minimum atomic E-state index is 0.00468. The van der Waals surface area contributed by atoms with Gasteiger partial charge in [0.15, 0.2) is 0 Å². The van der Waals surface area contributed by atoms with Crippen LogP contribution in [-0.2, 0) is 7.05 Å². The molecule has 15 heavy (non-hydrogen) atoms. The van der Waals surface area contributed by atoms with E-state index in [1.807, 2.05) is 13.8 Å². The van der Waals surface area contributed by atoms with E-state index in [4.69, 9.17) is 0 Å². The minimum Gasteiger partial charge on any atom is -0.337 e. The smallest absolute Gasteiger partial charge is 0.272 e. The van der Waals surface area contributed by atoms with E-state index >= 15 is 0 Å². The van der Waals surface area contributed by atoms with Gasteiger partial charge in [0.1, 0.15) is 5.69 Å². The average Bonchev–Trinajstić information content (AvgIpc) is 2.54. The first kappa shape index (κ1) is 12.2. The first-order valence-corrected chi connectivity index (χ1v) is 5.93. The molecule has 0 saturated carbocycles. The summed E-state index contributed by atoms with van der Waals surface area (Å²) >= 11 is 3.36. The van der Waals surface area contributed by atoms with Gasteiger partial charge in [0.25, 0.3) is 5.91 Å². The Balaban J connectivity index is 2.89. The van der Waals surface area contributed by atoms with Gasteiger partial charge < -0.3 is 4.90 Å². The fraction of sp³-hybridized carbons (Fsp3) is 0.600. The topological polar surface area (TPSA) is 38.1 Å². The molecule has 84 valence electrons. The van der Waals surface area contributed by atoms with Crippen molar-refractivity contribution in [1.29, 1.82) is 0 Å². The van der Waals surface area contributed by atoms with Crippen molar-refractivity contribution in [1.82, 2.24) is 14.7 Å². The summed E-state index contributed by atoms with van der Waals surface area (Å²) in [4.78, 5) is 13.7. The number of rotatable bonds is 3. The lowest BCUT2D eigenvalue weighted by molar-refractivity contribution is 0.0747. The largest absolute Gasteiger partial charge is 0.337 e. The third-order valence-corrected chi connectivity index (χ3v) is 3.36. The van der Waals surface area contributed by atoms with Gasteiger partial charge in [-0.2, -0.15) is 5.10 Å². The Kier molecular flexibility index (Phi) is 3.90. The SMILES string of the molecule is Cc1cc(C(=O)N(C)C(C)CBr)n(C)n1. The molecule has 0 aliphatic carbocycles. The molecule has 0 aromatic carbocycles. The lowest BCUT2D eigenvalue weighted by Crippen LogP contribution is -2.37. The van der Waals surface area contributed by atoms with Gasteiger partial charge in [0.05, 0.1) is 5.69 Å². The summed E-state index contributed by atoms with van der Waals surface area (Å²) in [5.74, 6) is 0.00468. The third-order valence-electron chi connectivity index (χ3n) is 2.43. The summed E-state index contributed by atoms with van der Waals surface area (Å²) < 4.78 is 1.62. The van der Waals surface area contributed by atoms with E-state index in [9.17, 15) is 4.79 Å². The van der Waals surface area contributed by atoms with Gasteiger partial charge in [-0.05, 0) is 19.9 Å². The molecule has 1 aromatic rings. The molecule has 1 heterocycles. The normalized spacial score (nSPS) is 12.6. The molecular formula is C10H16BrN3O. The number of alkyl halides is 1. The lowest BCUT2D eigenvalue weighted by atomic mass is 10.3. The van der Waals surface area contributed by atoms with Crippen LogP contribution in [0.4, 0.5) is 0 Å². The molecule has 1 rings (SSSR count). The molecule has 0 fully saturated rings. The molecule has 0 radical (unpaired) electrons. The van der Waals surface area contributed by atoms with Crippen LogP contribution in [0.15, 0.2) is 6.07 Å². The summed E-state index contributed by atoms with van der Waals surface area (Å²) in [5.41, 5.74) is 1.49. The van der Waals surface area contributed by atoms with E-state index in [-0.39, 0.29) is 11.9 Å². The molecule has 0 saturated heterocycles. The van der Waals surface area contributed by atoms with Crippen LogP contribution in [-0.4, -0.2) is 39.0 Å². The highest BCUT2D eigenvalue weighted by atomic mass is 79.9. The van der Waals surface area contributed by atoms with Crippen molar-refractivity contribution >= 4 is 21.8 Å². The van der Waals surface area contributed by atoms with Crippen molar-refractivity contribution in [2.24, 2.45) is 7.05 Å². The van der Waals surface area contributed by atoms with Crippen LogP contribution in [0.25, 0.3) is 0 Å². The van der Waals surface area contributed by atoms with E-state index < -0.39 is 0 Å². The molecule has 1 atom stereocenters. The maximum atomic E-state index is 12.0. The van der Waals surface area contributed by atoms with E-state index in [0.717, 1.165) is 11.0 Å². The minimum absolute atomic E-state index is 0.00468. The van der Waals surface area contributed by atoms with Crippen LogP contribution in [0.1, 0.15) is 23.1 Å². The molecule has 0 bridgehead atoms. The molecule has 0 spiro atoms. The quantitative estimate of drug-likeness (QED) is 0.785. The van der Waals surface area contributed by atoms with E-state index in [1.165, 1.54) is 0 Å². The first-order chi connectivity index (χ1) is 6.97. The number of hydrogen-bond acceptors (Lipinski definition) is 2. The molecular weight excluding hydrogens is 258 g/mol. The summed E-state index contributed by atoms with van der Waals surface area (Å²) in [6, 6.07) is 1.98. The number of carbonyl (C=O) groups excluding carboxylic acids is 1. The standard InChI is InChI=1S/C10H16BrN3O/c1-7-5-9(14(4)12-7)10(15)13(3)8(2)6-11/h5,8H,6H2,1-4H3. The van der Waals surface area contributed by atoms with Crippen molar-refractivity contribution in [3.8, 4) is 0 Å². The zero-order valence-electron chi connectivity index (χ0n) is 9.49. The molecule has 0 aliphatic heterocycles. The van der Waals surface area contributed by atoms with E-state index in [2.05, 4.69) is 21.0 Å². The van der Waals surface area contributed by atoms with Crippen molar-refractivity contribution in [3.05, 3.63) is 17.5 Å². The van der Waals surface area contributed by atoms with Crippen molar-refractivity contribution < 1.29 is 4.79 Å². The van der Waals surface area contributed by atoms with Crippen molar-refractivity contribution in [2.45, 2.75) is 19.9 Å². The summed E-state index contributed by atoms with van der Waals surface area (Å²) in [6.45, 7) is 3.88. The highest BCUT2D eigenvalue weighted by molar-refractivity contribution is 9.09. The number of aryl methyl sites for hydroxylation is 2. The molecule has 1 unspecified atom stereocenters. The number of amides is 1. The fourth-order valence-corrected chi connectivity index (χ4v) is 1.73. The van der Waals surface area contributed by atoms with Crippen molar-refractivity contribution in [2.75, 3.05) is 12.4 Å². The molecule has 4 nitrogen and oxygen atoms in total. The fourth-order valence-electron chi connectivity index (χ4n) is 1.30. The maximum absolute atomic E-state index is 12.0. The van der Waals surface area contributed by atoms with Crippen molar-refractivity contribution in [3.63, 3.8) is 0 Å². The summed E-state index contributed by atoms with van der Waals surface area (Å²) in [7, 11) is 3.59. The molecule has 0 aliphatic rings. The Bertz CT molecular complexity index is 362. The Hall–Kier alpha value is -0.840. The average molecular weight is 274 g/mol. The highest BCUT2D eigenvalue weighted by Crippen LogP contribution is 2.08. The van der Waals surface area contributed by atoms with Gasteiger partial charge in [-0.25, -0.2) is 0 Å². The second-order valence-electron chi connectivity index (χ2n) is 3.71. The zero-order valence-corrected chi connectivity index (χ0v) is 11.1. The molecule has 1 aromatic heterocycles. The number of nitrogens with zero attached hydrogens (tertiary/aromatic N) is 3. The van der Waals surface area contributed by atoms with Gasteiger partial charge in [-0.3, -0.25) is 9.48 Å². The molecule has 5 heteroatoms. The number of hydrogen-bond donors (Lipinski definition) is 0. The summed E-state index contributed by atoms with van der Waals surface area (Å²) in [6.07, 6.45) is 0. The van der Waals surface area contributed by atoms with Crippen LogP contribution < -0.4 is 0 Å². The number of carbonyl (C=O) groups is 1. The third kappa shape index (κ3) is 2.59. The van der Waals surface area contributed by atoms with Gasteiger partial charge in [-0.15, -0.1) is 0 Å². The van der Waals surface area contributed by atoms with E-state index in [0.29, 0.717) is 5.69 Å². The Morgan fingerprint density at radius 2 is 2.33 bits per heavy atom. The van der Waals surface area contributed by atoms with Gasteiger partial charge >= 0.3 is 0 Å². The lowest BCUT2D eigenvalue weighted by Gasteiger charge is -2.22. The Morgan fingerprint density at radius 1 is 1.73 bits per heavy atom. The first-order valence-electron chi connectivity index (χ1n) is 4.81. The van der Waals surface area contributed by atoms with Crippen LogP contribution in [0.2, 0.25) is 0 Å². The Morgan fingerprint density at radius 3 is 2.73 bits per heavy atom. The second-order valence-corrected chi connectivity index (χ2v) is 4.36. The van der Waals surface area contributed by atoms with Gasteiger partial charge in [-0.1, -0.05) is 15.9 Å².